The van der Waals surface area contributed by atoms with E-state index in [0.29, 0.717) is 36.2 Å². The lowest BCUT2D eigenvalue weighted by Gasteiger charge is -2.18. The van der Waals surface area contributed by atoms with Gasteiger partial charge in [0, 0.05) is 23.4 Å². The Balaban J connectivity index is 1.44. The van der Waals surface area contributed by atoms with Crippen LogP contribution in [0.15, 0.2) is 47.0 Å². The van der Waals surface area contributed by atoms with Gasteiger partial charge in [0.05, 0.1) is 12.1 Å². The number of carbonyl (C=O) groups excluding carboxylic acids is 1. The molecule has 0 saturated carbocycles. The molecule has 3 aromatic rings. The number of ether oxygens (including phenoxy) is 2. The second kappa shape index (κ2) is 7.06. The van der Waals surface area contributed by atoms with Gasteiger partial charge in [0.1, 0.15) is 13.2 Å². The number of amides is 1. The SMILES string of the molecule is O=C(Cc1cc(-c2ccc3c(c2)OCCO3)on1)Nc1ccc(F)c(F)c1. The molecule has 0 spiro atoms. The summed E-state index contributed by atoms with van der Waals surface area (Å²) in [5.41, 5.74) is 1.30. The summed E-state index contributed by atoms with van der Waals surface area (Å²) in [4.78, 5) is 12.1. The highest BCUT2D eigenvalue weighted by atomic mass is 19.2. The van der Waals surface area contributed by atoms with Crippen molar-refractivity contribution in [2.24, 2.45) is 0 Å². The number of aromatic nitrogens is 1. The molecule has 4 rings (SSSR count). The number of anilines is 1. The summed E-state index contributed by atoms with van der Waals surface area (Å²) < 4.78 is 42.4. The molecule has 0 unspecified atom stereocenters. The fourth-order valence-corrected chi connectivity index (χ4v) is 2.67. The average Bonchev–Trinajstić information content (AvgIpc) is 3.12. The van der Waals surface area contributed by atoms with E-state index in [1.165, 1.54) is 6.07 Å². The van der Waals surface area contributed by atoms with Crippen molar-refractivity contribution < 1.29 is 27.6 Å². The normalized spacial score (nSPS) is 12.7. The quantitative estimate of drug-likeness (QED) is 0.758. The van der Waals surface area contributed by atoms with E-state index in [9.17, 15) is 13.6 Å². The Bertz CT molecular complexity index is 1000. The van der Waals surface area contributed by atoms with E-state index in [1.54, 1.807) is 24.3 Å². The summed E-state index contributed by atoms with van der Waals surface area (Å²) in [6, 6.07) is 10.1. The van der Waals surface area contributed by atoms with Crippen LogP contribution in [-0.2, 0) is 11.2 Å². The molecule has 2 aromatic carbocycles. The number of hydrogen-bond acceptors (Lipinski definition) is 5. The molecule has 0 saturated heterocycles. The van der Waals surface area contributed by atoms with Crippen molar-refractivity contribution in [3.8, 4) is 22.8 Å². The molecule has 138 valence electrons. The minimum Gasteiger partial charge on any atom is -0.486 e. The van der Waals surface area contributed by atoms with Crippen LogP contribution in [0.25, 0.3) is 11.3 Å². The van der Waals surface area contributed by atoms with Crippen LogP contribution in [0.1, 0.15) is 5.69 Å². The molecule has 0 bridgehead atoms. The van der Waals surface area contributed by atoms with Crippen LogP contribution >= 0.6 is 0 Å². The van der Waals surface area contributed by atoms with Gasteiger partial charge in [-0.05, 0) is 30.3 Å². The van der Waals surface area contributed by atoms with Gasteiger partial charge in [-0.15, -0.1) is 0 Å². The van der Waals surface area contributed by atoms with Crippen molar-refractivity contribution in [3.63, 3.8) is 0 Å². The summed E-state index contributed by atoms with van der Waals surface area (Å²) in [7, 11) is 0. The highest BCUT2D eigenvalue weighted by molar-refractivity contribution is 5.92. The number of hydrogen-bond donors (Lipinski definition) is 1. The van der Waals surface area contributed by atoms with E-state index in [-0.39, 0.29) is 12.1 Å². The second-order valence-electron chi connectivity index (χ2n) is 5.89. The van der Waals surface area contributed by atoms with Gasteiger partial charge in [0.25, 0.3) is 0 Å². The maximum absolute atomic E-state index is 13.2. The maximum atomic E-state index is 13.2. The maximum Gasteiger partial charge on any atom is 0.230 e. The summed E-state index contributed by atoms with van der Waals surface area (Å²) >= 11 is 0. The molecule has 0 fully saturated rings. The van der Waals surface area contributed by atoms with Gasteiger partial charge in [-0.25, -0.2) is 8.78 Å². The van der Waals surface area contributed by atoms with Crippen LogP contribution in [0.4, 0.5) is 14.5 Å². The smallest absolute Gasteiger partial charge is 0.230 e. The Morgan fingerprint density at radius 2 is 1.81 bits per heavy atom. The Kier molecular flexibility index (Phi) is 4.45. The minimum atomic E-state index is -1.03. The lowest BCUT2D eigenvalue weighted by Crippen LogP contribution is -2.15. The first-order chi connectivity index (χ1) is 13.1. The van der Waals surface area contributed by atoms with Crippen LogP contribution in [0, 0.1) is 11.6 Å². The van der Waals surface area contributed by atoms with Crippen molar-refractivity contribution in [2.75, 3.05) is 18.5 Å². The zero-order chi connectivity index (χ0) is 18.8. The topological polar surface area (TPSA) is 73.6 Å². The number of nitrogens with one attached hydrogen (secondary N) is 1. The summed E-state index contributed by atoms with van der Waals surface area (Å²) in [5.74, 6) is -0.683. The van der Waals surface area contributed by atoms with E-state index in [4.69, 9.17) is 14.0 Å². The largest absolute Gasteiger partial charge is 0.486 e. The van der Waals surface area contributed by atoms with Gasteiger partial charge in [0.15, 0.2) is 28.9 Å². The Labute approximate surface area is 152 Å². The molecule has 1 aliphatic rings. The highest BCUT2D eigenvalue weighted by Crippen LogP contribution is 2.34. The number of halogens is 2. The lowest BCUT2D eigenvalue weighted by atomic mass is 10.1. The monoisotopic (exact) mass is 372 g/mol. The van der Waals surface area contributed by atoms with Crippen molar-refractivity contribution in [3.05, 3.63) is 59.8 Å². The molecular formula is C19H14F2N2O4. The molecule has 1 aromatic heterocycles. The Morgan fingerprint density at radius 3 is 2.63 bits per heavy atom. The first-order valence-electron chi connectivity index (χ1n) is 8.19. The van der Waals surface area contributed by atoms with Crippen molar-refractivity contribution >= 4 is 11.6 Å². The van der Waals surface area contributed by atoms with E-state index >= 15 is 0 Å². The van der Waals surface area contributed by atoms with Gasteiger partial charge in [0.2, 0.25) is 5.91 Å². The highest BCUT2D eigenvalue weighted by Gasteiger charge is 2.16. The Hall–Kier alpha value is -3.42. The molecule has 0 aliphatic carbocycles. The summed E-state index contributed by atoms with van der Waals surface area (Å²) in [6.45, 7) is 0.980. The standard InChI is InChI=1S/C19H14F2N2O4/c20-14-3-2-12(8-15(14)21)22-19(24)10-13-9-17(27-23-13)11-1-4-16-18(7-11)26-6-5-25-16/h1-4,7-9H,5-6,10H2,(H,22,24). The molecule has 6 nitrogen and oxygen atoms in total. The van der Waals surface area contributed by atoms with Gasteiger partial charge < -0.3 is 19.3 Å². The van der Waals surface area contributed by atoms with Crippen molar-refractivity contribution in [1.29, 1.82) is 0 Å². The fourth-order valence-electron chi connectivity index (χ4n) is 2.67. The van der Waals surface area contributed by atoms with Crippen LogP contribution in [-0.4, -0.2) is 24.3 Å². The van der Waals surface area contributed by atoms with E-state index < -0.39 is 17.5 Å². The molecule has 8 heteroatoms. The zero-order valence-electron chi connectivity index (χ0n) is 14.0. The van der Waals surface area contributed by atoms with Crippen LogP contribution in [0.5, 0.6) is 11.5 Å². The van der Waals surface area contributed by atoms with Gasteiger partial charge in [-0.3, -0.25) is 4.79 Å². The van der Waals surface area contributed by atoms with Crippen molar-refractivity contribution in [1.82, 2.24) is 5.16 Å². The molecule has 0 radical (unpaired) electrons. The fraction of sp³-hybridized carbons (Fsp3) is 0.158. The zero-order valence-corrected chi connectivity index (χ0v) is 14.0. The lowest BCUT2D eigenvalue weighted by molar-refractivity contribution is -0.115. The predicted molar refractivity (Wildman–Crippen MR) is 91.6 cm³/mol. The summed E-state index contributed by atoms with van der Waals surface area (Å²) in [5, 5.41) is 6.36. The van der Waals surface area contributed by atoms with Crippen LogP contribution in [0.3, 0.4) is 0 Å². The molecule has 1 amide bonds. The number of fused-ring (bicyclic) bond motifs is 1. The second-order valence-corrected chi connectivity index (χ2v) is 5.89. The third-order valence-electron chi connectivity index (χ3n) is 3.93. The number of rotatable bonds is 4. The number of carbonyl (C=O) groups is 1. The molecule has 2 heterocycles. The Morgan fingerprint density at radius 1 is 1.00 bits per heavy atom. The van der Waals surface area contributed by atoms with E-state index in [0.717, 1.165) is 17.7 Å². The van der Waals surface area contributed by atoms with Gasteiger partial charge >= 0.3 is 0 Å². The molecule has 1 N–H and O–H groups in total. The van der Waals surface area contributed by atoms with Crippen LogP contribution in [0.2, 0.25) is 0 Å². The van der Waals surface area contributed by atoms with Crippen LogP contribution < -0.4 is 14.8 Å². The van der Waals surface area contributed by atoms with E-state index in [1.807, 2.05) is 0 Å². The van der Waals surface area contributed by atoms with Gasteiger partial charge in [-0.1, -0.05) is 5.16 Å². The minimum absolute atomic E-state index is 0.0763. The summed E-state index contributed by atoms with van der Waals surface area (Å²) in [6.07, 6.45) is -0.0763. The number of nitrogens with zero attached hydrogens (tertiary/aromatic N) is 1. The van der Waals surface area contributed by atoms with Gasteiger partial charge in [-0.2, -0.15) is 0 Å². The average molecular weight is 372 g/mol. The molecular weight excluding hydrogens is 358 g/mol. The van der Waals surface area contributed by atoms with Crippen molar-refractivity contribution in [2.45, 2.75) is 6.42 Å². The third-order valence-corrected chi connectivity index (χ3v) is 3.93. The molecule has 27 heavy (non-hydrogen) atoms. The molecule has 0 atom stereocenters. The third kappa shape index (κ3) is 3.74. The number of benzene rings is 2. The molecule has 1 aliphatic heterocycles. The van der Waals surface area contributed by atoms with E-state index in [2.05, 4.69) is 10.5 Å². The first kappa shape index (κ1) is 17.0. The predicted octanol–water partition coefficient (Wildman–Crippen LogP) is 3.57. The first-order valence-corrected chi connectivity index (χ1v) is 8.19.